The molecule has 0 aliphatic rings. The molecule has 6 rings (SSSR count). The van der Waals surface area contributed by atoms with Gasteiger partial charge in [-0.05, 0) is 147 Å². The molecule has 6 aromatic carbocycles. The zero-order chi connectivity index (χ0) is 39.8. The van der Waals surface area contributed by atoms with Crippen LogP contribution in [0.1, 0.15) is 63.8 Å². The summed E-state index contributed by atoms with van der Waals surface area (Å²) < 4.78 is 65.1. The number of rotatable bonds is 12. The highest BCUT2D eigenvalue weighted by Gasteiger charge is 2.27. The second-order valence-electron chi connectivity index (χ2n) is 14.8. The number of hydrogen-bond acceptors (Lipinski definition) is 6. The first-order chi connectivity index (χ1) is 25.8. The summed E-state index contributed by atoms with van der Waals surface area (Å²) in [5, 5.41) is 0.472. The molecule has 6 aromatic rings. The molecule has 55 heavy (non-hydrogen) atoms. The largest absolute Gasteiger partial charge is 0.483 e. The molecular weight excluding hydrogens is 772 g/mol. The second kappa shape index (κ2) is 15.1. The van der Waals surface area contributed by atoms with Gasteiger partial charge in [0.05, 0.1) is 24.5 Å². The minimum atomic E-state index is -3.71. The quantitative estimate of drug-likeness (QED) is 0.114. The van der Waals surface area contributed by atoms with Crippen LogP contribution in [0, 0.1) is 0 Å². The molecule has 0 amide bonds. The Morgan fingerprint density at radius 2 is 0.727 bits per heavy atom. The number of benzene rings is 6. The van der Waals surface area contributed by atoms with E-state index in [0.717, 1.165) is 22.3 Å². The van der Waals surface area contributed by atoms with Crippen molar-refractivity contribution in [3.63, 3.8) is 0 Å². The van der Waals surface area contributed by atoms with E-state index in [2.05, 4.69) is 13.8 Å². The normalized spacial score (nSPS) is 12.7. The second-order valence-corrected chi connectivity index (χ2v) is 20.1. The molecule has 0 radical (unpaired) electrons. The number of ether oxygens (including phenoxy) is 2. The fourth-order valence-corrected chi connectivity index (χ4v) is 8.95. The summed E-state index contributed by atoms with van der Waals surface area (Å²) in [7, 11) is -7.39. The van der Waals surface area contributed by atoms with Crippen molar-refractivity contribution in [2.45, 2.75) is 77.0 Å². The lowest BCUT2D eigenvalue weighted by molar-refractivity contribution is 0.109. The molecule has 0 spiro atoms. The third kappa shape index (κ3) is 8.79. The van der Waals surface area contributed by atoms with Gasteiger partial charge in [-0.15, -0.1) is 11.6 Å². The van der Waals surface area contributed by atoms with E-state index in [9.17, 15) is 16.8 Å². The summed E-state index contributed by atoms with van der Waals surface area (Å²) in [4.78, 5) is 0.152. The maximum absolute atomic E-state index is 13.2. The standard InChI is InChI=1S/C45H42Cl2O6S2/c1-43(2,31-7-17-36(18-8-31)52-37-21-29-42(30-22-37)55(50,51)39-23-11-33(12-24-39)44(3,4)47)32-9-19-38(20-10-32)53-45(5,6)34-13-25-40(26-14-34)54(48,49)41-27-15-35(46)16-28-41/h7-30H,1-6H3. The monoisotopic (exact) mass is 812 g/mol. The molecule has 0 bridgehead atoms. The zero-order valence-electron chi connectivity index (χ0n) is 31.4. The van der Waals surface area contributed by atoms with Gasteiger partial charge >= 0.3 is 0 Å². The van der Waals surface area contributed by atoms with Gasteiger partial charge in [0, 0.05) is 10.4 Å². The Kier molecular flexibility index (Phi) is 11.0. The van der Waals surface area contributed by atoms with Gasteiger partial charge in [0.2, 0.25) is 19.7 Å². The van der Waals surface area contributed by atoms with Crippen molar-refractivity contribution in [2.24, 2.45) is 0 Å². The van der Waals surface area contributed by atoms with E-state index in [-0.39, 0.29) is 25.0 Å². The predicted octanol–water partition coefficient (Wildman–Crippen LogP) is 11.9. The third-order valence-electron chi connectivity index (χ3n) is 9.73. The highest BCUT2D eigenvalue weighted by molar-refractivity contribution is 7.91. The maximum Gasteiger partial charge on any atom is 0.206 e. The van der Waals surface area contributed by atoms with Crippen LogP contribution < -0.4 is 9.47 Å². The average Bonchev–Trinajstić information content (AvgIpc) is 3.15. The van der Waals surface area contributed by atoms with Crippen molar-refractivity contribution in [1.82, 2.24) is 0 Å². The smallest absolute Gasteiger partial charge is 0.206 e. The van der Waals surface area contributed by atoms with Gasteiger partial charge < -0.3 is 9.47 Å². The number of hydrogen-bond donors (Lipinski definition) is 0. The highest BCUT2D eigenvalue weighted by Crippen LogP contribution is 2.36. The number of halogens is 2. The van der Waals surface area contributed by atoms with E-state index in [1.165, 1.54) is 12.1 Å². The topological polar surface area (TPSA) is 86.7 Å². The molecule has 0 heterocycles. The minimum Gasteiger partial charge on any atom is -0.483 e. The summed E-state index contributed by atoms with van der Waals surface area (Å²) in [6, 6.07) is 41.7. The molecule has 6 nitrogen and oxygen atoms in total. The summed E-state index contributed by atoms with van der Waals surface area (Å²) in [6.45, 7) is 11.9. The molecule has 0 aliphatic carbocycles. The molecule has 284 valence electrons. The Bertz CT molecular complexity index is 2490. The summed E-state index contributed by atoms with van der Waals surface area (Å²) in [6.07, 6.45) is 0. The Morgan fingerprint density at radius 3 is 1.13 bits per heavy atom. The molecule has 0 atom stereocenters. The zero-order valence-corrected chi connectivity index (χ0v) is 34.5. The number of alkyl halides is 1. The molecule has 0 saturated heterocycles. The van der Waals surface area contributed by atoms with Crippen LogP contribution in [0.2, 0.25) is 5.02 Å². The van der Waals surface area contributed by atoms with E-state index in [0.29, 0.717) is 22.3 Å². The van der Waals surface area contributed by atoms with Crippen LogP contribution in [0.15, 0.2) is 165 Å². The van der Waals surface area contributed by atoms with Crippen LogP contribution >= 0.6 is 23.2 Å². The average molecular weight is 814 g/mol. The van der Waals surface area contributed by atoms with Crippen LogP contribution in [0.3, 0.4) is 0 Å². The SMILES string of the molecule is CC(C)(Cl)c1ccc(S(=O)(=O)c2ccc(Oc3ccc(C(C)(C)c4ccc(OC(C)(C)c5ccc(S(=O)(=O)c6ccc(Cl)cc6)cc5)cc4)cc3)cc2)cc1. The van der Waals surface area contributed by atoms with Gasteiger partial charge in [-0.3, -0.25) is 0 Å². The summed E-state index contributed by atoms with van der Waals surface area (Å²) in [5.41, 5.74) is 2.75. The van der Waals surface area contributed by atoms with Crippen molar-refractivity contribution in [3.8, 4) is 17.2 Å². The van der Waals surface area contributed by atoms with Gasteiger partial charge in [0.25, 0.3) is 0 Å². The van der Waals surface area contributed by atoms with Gasteiger partial charge in [-0.25, -0.2) is 16.8 Å². The lowest BCUT2D eigenvalue weighted by Crippen LogP contribution is -2.25. The molecular formula is C45H42Cl2O6S2. The lowest BCUT2D eigenvalue weighted by atomic mass is 9.78. The predicted molar refractivity (Wildman–Crippen MR) is 219 cm³/mol. The first-order valence-corrected chi connectivity index (χ1v) is 21.3. The van der Waals surface area contributed by atoms with Gasteiger partial charge in [-0.2, -0.15) is 0 Å². The summed E-state index contributed by atoms with van der Waals surface area (Å²) >= 11 is 12.3. The van der Waals surface area contributed by atoms with Crippen LogP contribution in [0.5, 0.6) is 17.2 Å². The Balaban J connectivity index is 1.09. The van der Waals surface area contributed by atoms with Crippen LogP contribution in [0.4, 0.5) is 0 Å². The van der Waals surface area contributed by atoms with Crippen LogP contribution in [-0.2, 0) is 35.6 Å². The first-order valence-electron chi connectivity index (χ1n) is 17.6. The van der Waals surface area contributed by atoms with Crippen molar-refractivity contribution in [1.29, 1.82) is 0 Å². The maximum atomic E-state index is 13.2. The highest BCUT2D eigenvalue weighted by atomic mass is 35.5. The molecule has 0 aliphatic heterocycles. The van der Waals surface area contributed by atoms with Crippen molar-refractivity contribution < 1.29 is 26.3 Å². The molecule has 0 saturated carbocycles. The van der Waals surface area contributed by atoms with Crippen LogP contribution in [0.25, 0.3) is 0 Å². The van der Waals surface area contributed by atoms with Gasteiger partial charge in [0.1, 0.15) is 22.8 Å². The van der Waals surface area contributed by atoms with E-state index < -0.39 is 30.1 Å². The molecule has 0 aromatic heterocycles. The summed E-state index contributed by atoms with van der Waals surface area (Å²) in [5.74, 6) is 1.82. The van der Waals surface area contributed by atoms with Crippen LogP contribution in [-0.4, -0.2) is 16.8 Å². The van der Waals surface area contributed by atoms with E-state index in [1.807, 2.05) is 76.2 Å². The fraction of sp³-hybridized carbons (Fsp3) is 0.200. The Morgan fingerprint density at radius 1 is 0.418 bits per heavy atom. The molecule has 0 unspecified atom stereocenters. The molecule has 0 fully saturated rings. The van der Waals surface area contributed by atoms with Crippen molar-refractivity contribution >= 4 is 42.9 Å². The number of sulfone groups is 2. The van der Waals surface area contributed by atoms with Gasteiger partial charge in [0.15, 0.2) is 0 Å². The lowest BCUT2D eigenvalue weighted by Gasteiger charge is -2.29. The van der Waals surface area contributed by atoms with E-state index in [4.69, 9.17) is 32.7 Å². The third-order valence-corrected chi connectivity index (χ3v) is 13.8. The Labute approximate surface area is 334 Å². The van der Waals surface area contributed by atoms with Crippen molar-refractivity contribution in [3.05, 3.63) is 173 Å². The van der Waals surface area contributed by atoms with E-state index in [1.54, 1.807) is 84.9 Å². The van der Waals surface area contributed by atoms with Gasteiger partial charge in [-0.1, -0.05) is 74.0 Å². The molecule has 0 N–H and O–H groups in total. The Hall–Kier alpha value is -4.60. The fourth-order valence-electron chi connectivity index (χ4n) is 6.17. The van der Waals surface area contributed by atoms with E-state index >= 15 is 0 Å². The minimum absolute atomic E-state index is 0.173. The molecule has 10 heteroatoms. The first kappa shape index (κ1) is 40.1. The van der Waals surface area contributed by atoms with Crippen molar-refractivity contribution in [2.75, 3.05) is 0 Å².